The van der Waals surface area contributed by atoms with E-state index in [1.807, 2.05) is 24.3 Å². The van der Waals surface area contributed by atoms with Gasteiger partial charge in [-0.3, -0.25) is 9.69 Å². The van der Waals surface area contributed by atoms with Crippen molar-refractivity contribution in [2.45, 2.75) is 25.4 Å². The molecule has 1 unspecified atom stereocenters. The highest BCUT2D eigenvalue weighted by atomic mass is 16.5. The number of hydrogen-bond donors (Lipinski definition) is 1. The van der Waals surface area contributed by atoms with Gasteiger partial charge in [-0.25, -0.2) is 0 Å². The van der Waals surface area contributed by atoms with Crippen LogP contribution in [0, 0.1) is 0 Å². The number of carboxylic acids is 1. The van der Waals surface area contributed by atoms with Crippen molar-refractivity contribution >= 4 is 5.97 Å². The van der Waals surface area contributed by atoms with E-state index in [0.29, 0.717) is 6.04 Å². The first-order chi connectivity index (χ1) is 8.65. The van der Waals surface area contributed by atoms with E-state index in [1.165, 1.54) is 5.56 Å². The number of rotatable bonds is 5. The molecule has 4 heteroatoms. The topological polar surface area (TPSA) is 49.8 Å². The standard InChI is InChI=1S/C14H19NO3/c1-15(13-6-7-18-10-13)9-12-4-2-11(3-5-12)8-14(16)17/h2-5,13H,6-10H2,1H3,(H,16,17). The third-order valence-electron chi connectivity index (χ3n) is 3.34. The van der Waals surface area contributed by atoms with Crippen molar-refractivity contribution in [2.24, 2.45) is 0 Å². The van der Waals surface area contributed by atoms with Crippen LogP contribution < -0.4 is 0 Å². The van der Waals surface area contributed by atoms with Crippen LogP contribution in [0.25, 0.3) is 0 Å². The molecular weight excluding hydrogens is 230 g/mol. The van der Waals surface area contributed by atoms with E-state index >= 15 is 0 Å². The summed E-state index contributed by atoms with van der Waals surface area (Å²) in [7, 11) is 2.10. The molecule has 1 aliphatic heterocycles. The molecule has 0 radical (unpaired) electrons. The zero-order chi connectivity index (χ0) is 13.0. The van der Waals surface area contributed by atoms with Crippen LogP contribution in [-0.4, -0.2) is 42.3 Å². The second-order valence-corrected chi connectivity index (χ2v) is 4.82. The fourth-order valence-electron chi connectivity index (χ4n) is 2.22. The van der Waals surface area contributed by atoms with Gasteiger partial charge in [0.15, 0.2) is 0 Å². The lowest BCUT2D eigenvalue weighted by Gasteiger charge is -2.22. The van der Waals surface area contributed by atoms with Crippen LogP contribution in [0.3, 0.4) is 0 Å². The van der Waals surface area contributed by atoms with Gasteiger partial charge in [0.1, 0.15) is 0 Å². The fraction of sp³-hybridized carbons (Fsp3) is 0.500. The quantitative estimate of drug-likeness (QED) is 0.860. The third kappa shape index (κ3) is 3.55. The first-order valence-corrected chi connectivity index (χ1v) is 6.23. The van der Waals surface area contributed by atoms with Crippen LogP contribution in [0.4, 0.5) is 0 Å². The molecule has 0 aromatic heterocycles. The Kier molecular flexibility index (Phi) is 4.33. The molecule has 0 bridgehead atoms. The zero-order valence-electron chi connectivity index (χ0n) is 10.6. The Balaban J connectivity index is 1.91. The molecule has 1 heterocycles. The second kappa shape index (κ2) is 5.98. The summed E-state index contributed by atoms with van der Waals surface area (Å²) in [6, 6.07) is 8.30. The van der Waals surface area contributed by atoms with Gasteiger partial charge in [-0.2, -0.15) is 0 Å². The predicted octanol–water partition coefficient (Wildman–Crippen LogP) is 1.53. The first kappa shape index (κ1) is 13.1. The third-order valence-corrected chi connectivity index (χ3v) is 3.34. The van der Waals surface area contributed by atoms with Crippen LogP contribution in [0.15, 0.2) is 24.3 Å². The Morgan fingerprint density at radius 2 is 2.06 bits per heavy atom. The lowest BCUT2D eigenvalue weighted by molar-refractivity contribution is -0.136. The highest BCUT2D eigenvalue weighted by Crippen LogP contribution is 2.14. The Morgan fingerprint density at radius 1 is 1.39 bits per heavy atom. The average Bonchev–Trinajstić information content (AvgIpc) is 2.84. The van der Waals surface area contributed by atoms with Crippen LogP contribution in [-0.2, 0) is 22.5 Å². The SMILES string of the molecule is CN(Cc1ccc(CC(=O)O)cc1)C1CCOC1. The first-order valence-electron chi connectivity index (χ1n) is 6.23. The maximum Gasteiger partial charge on any atom is 0.307 e. The largest absolute Gasteiger partial charge is 0.481 e. The number of aliphatic carboxylic acids is 1. The Labute approximate surface area is 107 Å². The molecule has 4 nitrogen and oxygen atoms in total. The molecule has 0 spiro atoms. The highest BCUT2D eigenvalue weighted by molar-refractivity contribution is 5.70. The molecule has 18 heavy (non-hydrogen) atoms. The van der Waals surface area contributed by atoms with Crippen LogP contribution in [0.1, 0.15) is 17.5 Å². The summed E-state index contributed by atoms with van der Waals surface area (Å²) in [5.41, 5.74) is 2.05. The molecule has 0 aliphatic carbocycles. The minimum absolute atomic E-state index is 0.0899. The molecular formula is C14H19NO3. The Bertz CT molecular complexity index is 396. The van der Waals surface area contributed by atoms with E-state index < -0.39 is 5.97 Å². The summed E-state index contributed by atoms with van der Waals surface area (Å²) >= 11 is 0. The van der Waals surface area contributed by atoms with Crippen molar-refractivity contribution in [1.29, 1.82) is 0 Å². The van der Waals surface area contributed by atoms with Crippen molar-refractivity contribution in [3.05, 3.63) is 35.4 Å². The molecule has 1 aromatic carbocycles. The van der Waals surface area contributed by atoms with Crippen molar-refractivity contribution in [2.75, 3.05) is 20.3 Å². The number of carboxylic acid groups (broad SMARTS) is 1. The maximum absolute atomic E-state index is 10.6. The smallest absolute Gasteiger partial charge is 0.307 e. The van der Waals surface area contributed by atoms with Crippen molar-refractivity contribution in [3.63, 3.8) is 0 Å². The molecule has 1 fully saturated rings. The van der Waals surface area contributed by atoms with Gasteiger partial charge in [0.05, 0.1) is 13.0 Å². The summed E-state index contributed by atoms with van der Waals surface area (Å²) in [6.07, 6.45) is 1.18. The van der Waals surface area contributed by atoms with E-state index in [4.69, 9.17) is 9.84 Å². The number of likely N-dealkylation sites (N-methyl/N-ethyl adjacent to an activating group) is 1. The number of ether oxygens (including phenoxy) is 1. The van der Waals surface area contributed by atoms with Gasteiger partial charge in [-0.05, 0) is 24.6 Å². The van der Waals surface area contributed by atoms with Crippen molar-refractivity contribution < 1.29 is 14.6 Å². The second-order valence-electron chi connectivity index (χ2n) is 4.82. The van der Waals surface area contributed by atoms with E-state index in [9.17, 15) is 4.79 Å². The molecule has 1 aliphatic rings. The van der Waals surface area contributed by atoms with E-state index in [-0.39, 0.29) is 6.42 Å². The minimum atomic E-state index is -0.789. The summed E-state index contributed by atoms with van der Waals surface area (Å²) < 4.78 is 5.37. The molecule has 98 valence electrons. The van der Waals surface area contributed by atoms with Crippen LogP contribution >= 0.6 is 0 Å². The predicted molar refractivity (Wildman–Crippen MR) is 68.5 cm³/mol. The number of carbonyl (C=O) groups is 1. The molecule has 0 amide bonds. The maximum atomic E-state index is 10.6. The number of nitrogens with zero attached hydrogens (tertiary/aromatic N) is 1. The molecule has 1 atom stereocenters. The number of benzene rings is 1. The van der Waals surface area contributed by atoms with E-state index in [1.54, 1.807) is 0 Å². The summed E-state index contributed by atoms with van der Waals surface area (Å²) in [5.74, 6) is -0.789. The zero-order valence-corrected chi connectivity index (χ0v) is 10.6. The van der Waals surface area contributed by atoms with Gasteiger partial charge in [0, 0.05) is 19.2 Å². The summed E-state index contributed by atoms with van der Waals surface area (Å²) in [6.45, 7) is 2.54. The molecule has 1 aromatic rings. The lowest BCUT2D eigenvalue weighted by atomic mass is 10.1. The van der Waals surface area contributed by atoms with Gasteiger partial charge in [-0.15, -0.1) is 0 Å². The lowest BCUT2D eigenvalue weighted by Crippen LogP contribution is -2.31. The molecule has 2 rings (SSSR count). The number of hydrogen-bond acceptors (Lipinski definition) is 3. The van der Waals surface area contributed by atoms with Gasteiger partial charge >= 0.3 is 5.97 Å². The Hall–Kier alpha value is -1.39. The van der Waals surface area contributed by atoms with Crippen LogP contribution in [0.5, 0.6) is 0 Å². The van der Waals surface area contributed by atoms with E-state index in [0.717, 1.165) is 31.7 Å². The molecule has 1 N–H and O–H groups in total. The van der Waals surface area contributed by atoms with Gasteiger partial charge in [0.2, 0.25) is 0 Å². The van der Waals surface area contributed by atoms with Gasteiger partial charge in [0.25, 0.3) is 0 Å². The van der Waals surface area contributed by atoms with Gasteiger partial charge < -0.3 is 9.84 Å². The summed E-state index contributed by atoms with van der Waals surface area (Å²) in [5, 5.41) is 8.70. The van der Waals surface area contributed by atoms with Gasteiger partial charge in [-0.1, -0.05) is 24.3 Å². The molecule has 0 saturated carbocycles. The monoisotopic (exact) mass is 249 g/mol. The summed E-state index contributed by atoms with van der Waals surface area (Å²) in [4.78, 5) is 12.9. The highest BCUT2D eigenvalue weighted by Gasteiger charge is 2.19. The minimum Gasteiger partial charge on any atom is -0.481 e. The Morgan fingerprint density at radius 3 is 2.61 bits per heavy atom. The van der Waals surface area contributed by atoms with Crippen molar-refractivity contribution in [3.8, 4) is 0 Å². The average molecular weight is 249 g/mol. The normalized spacial score (nSPS) is 19.3. The molecule has 1 saturated heterocycles. The van der Waals surface area contributed by atoms with E-state index in [2.05, 4.69) is 11.9 Å². The van der Waals surface area contributed by atoms with Crippen molar-refractivity contribution in [1.82, 2.24) is 4.90 Å². The fourth-order valence-corrected chi connectivity index (χ4v) is 2.22. The van der Waals surface area contributed by atoms with Crippen LogP contribution in [0.2, 0.25) is 0 Å².